The Morgan fingerprint density at radius 2 is 1.43 bits per heavy atom. The van der Waals surface area contributed by atoms with Gasteiger partial charge >= 0.3 is 0 Å². The van der Waals surface area contributed by atoms with E-state index in [2.05, 4.69) is 12.2 Å². The Morgan fingerprint density at radius 1 is 0.952 bits per heavy atom. The SMILES string of the molecule is Cc1c(C)c(C)c(S(=O)(=O)N2CCNC(C)C2)c(C)c1C. The van der Waals surface area contributed by atoms with Crippen molar-refractivity contribution < 1.29 is 8.42 Å². The molecule has 2 rings (SSSR count). The molecule has 0 radical (unpaired) electrons. The van der Waals surface area contributed by atoms with Gasteiger partial charge in [0.15, 0.2) is 0 Å². The van der Waals surface area contributed by atoms with Crippen molar-refractivity contribution in [2.75, 3.05) is 19.6 Å². The van der Waals surface area contributed by atoms with Crippen molar-refractivity contribution in [3.8, 4) is 0 Å². The molecule has 1 fully saturated rings. The van der Waals surface area contributed by atoms with Gasteiger partial charge in [0.25, 0.3) is 0 Å². The number of sulfonamides is 1. The lowest BCUT2D eigenvalue weighted by atomic mass is 9.95. The Balaban J connectivity index is 2.60. The van der Waals surface area contributed by atoms with Crippen LogP contribution in [0.1, 0.15) is 34.7 Å². The summed E-state index contributed by atoms with van der Waals surface area (Å²) in [7, 11) is -3.42. The fourth-order valence-electron chi connectivity index (χ4n) is 3.10. The standard InChI is InChI=1S/C16H26N2O2S/c1-10-9-18(8-7-17-10)21(19,20)16-14(5)12(3)11(2)13(4)15(16)6/h10,17H,7-9H2,1-6H3. The van der Waals surface area contributed by atoms with Crippen molar-refractivity contribution in [2.45, 2.75) is 52.5 Å². The molecular formula is C16H26N2O2S. The van der Waals surface area contributed by atoms with Crippen LogP contribution in [0, 0.1) is 34.6 Å². The van der Waals surface area contributed by atoms with Crippen LogP contribution >= 0.6 is 0 Å². The van der Waals surface area contributed by atoms with Crippen LogP contribution in [0.5, 0.6) is 0 Å². The third-order valence-electron chi connectivity index (χ3n) is 4.86. The molecule has 5 heteroatoms. The van der Waals surface area contributed by atoms with Crippen molar-refractivity contribution in [2.24, 2.45) is 0 Å². The normalized spacial score (nSPS) is 20.8. The van der Waals surface area contributed by atoms with E-state index in [0.29, 0.717) is 24.5 Å². The van der Waals surface area contributed by atoms with Crippen LogP contribution in [0.3, 0.4) is 0 Å². The molecule has 4 nitrogen and oxygen atoms in total. The molecule has 1 heterocycles. The Bertz CT molecular complexity index is 636. The summed E-state index contributed by atoms with van der Waals surface area (Å²) in [6, 6.07) is 0.196. The van der Waals surface area contributed by atoms with Gasteiger partial charge in [0.1, 0.15) is 0 Å². The van der Waals surface area contributed by atoms with Gasteiger partial charge in [-0.05, 0) is 69.4 Å². The van der Waals surface area contributed by atoms with E-state index < -0.39 is 10.0 Å². The molecule has 0 aromatic heterocycles. The second-order valence-electron chi connectivity index (χ2n) is 6.17. The number of hydrogen-bond acceptors (Lipinski definition) is 3. The number of benzene rings is 1. The molecule has 118 valence electrons. The highest BCUT2D eigenvalue weighted by molar-refractivity contribution is 7.89. The number of nitrogens with zero attached hydrogens (tertiary/aromatic N) is 1. The zero-order valence-electron chi connectivity index (χ0n) is 13.9. The first-order valence-electron chi connectivity index (χ1n) is 7.48. The maximum atomic E-state index is 13.1. The van der Waals surface area contributed by atoms with Gasteiger partial charge < -0.3 is 5.32 Å². The number of hydrogen-bond donors (Lipinski definition) is 1. The summed E-state index contributed by atoms with van der Waals surface area (Å²) < 4.78 is 27.8. The maximum absolute atomic E-state index is 13.1. The van der Waals surface area contributed by atoms with Gasteiger partial charge in [-0.25, -0.2) is 8.42 Å². The predicted octanol–water partition coefficient (Wildman–Crippen LogP) is 2.21. The van der Waals surface area contributed by atoms with Crippen molar-refractivity contribution in [3.63, 3.8) is 0 Å². The van der Waals surface area contributed by atoms with Gasteiger partial charge in [-0.2, -0.15) is 4.31 Å². The van der Waals surface area contributed by atoms with Gasteiger partial charge in [0, 0.05) is 25.7 Å². The molecule has 0 saturated carbocycles. The lowest BCUT2D eigenvalue weighted by Crippen LogP contribution is -2.51. The lowest BCUT2D eigenvalue weighted by Gasteiger charge is -2.32. The summed E-state index contributed by atoms with van der Waals surface area (Å²) in [5.41, 5.74) is 5.14. The van der Waals surface area contributed by atoms with E-state index in [1.807, 2.05) is 34.6 Å². The highest BCUT2D eigenvalue weighted by Crippen LogP contribution is 2.31. The average Bonchev–Trinajstić information content (AvgIpc) is 2.43. The van der Waals surface area contributed by atoms with Gasteiger partial charge in [0.2, 0.25) is 10.0 Å². The molecule has 21 heavy (non-hydrogen) atoms. The molecule has 1 aliphatic rings. The van der Waals surface area contributed by atoms with Crippen LogP contribution in [0.25, 0.3) is 0 Å². The molecule has 1 N–H and O–H groups in total. The van der Waals surface area contributed by atoms with Crippen molar-refractivity contribution in [1.82, 2.24) is 9.62 Å². The van der Waals surface area contributed by atoms with Gasteiger partial charge in [-0.15, -0.1) is 0 Å². The van der Waals surface area contributed by atoms with Crippen LogP contribution in [0.4, 0.5) is 0 Å². The zero-order valence-corrected chi connectivity index (χ0v) is 14.7. The number of piperazine rings is 1. The topological polar surface area (TPSA) is 49.4 Å². The minimum Gasteiger partial charge on any atom is -0.312 e. The summed E-state index contributed by atoms with van der Waals surface area (Å²) in [5.74, 6) is 0. The largest absolute Gasteiger partial charge is 0.312 e. The van der Waals surface area contributed by atoms with Crippen molar-refractivity contribution in [1.29, 1.82) is 0 Å². The van der Waals surface area contributed by atoms with Gasteiger partial charge in [-0.3, -0.25) is 0 Å². The Morgan fingerprint density at radius 3 is 1.90 bits per heavy atom. The van der Waals surface area contributed by atoms with Crippen LogP contribution in [0.2, 0.25) is 0 Å². The highest BCUT2D eigenvalue weighted by Gasteiger charge is 2.32. The van der Waals surface area contributed by atoms with E-state index in [-0.39, 0.29) is 6.04 Å². The third-order valence-corrected chi connectivity index (χ3v) is 7.00. The van der Waals surface area contributed by atoms with E-state index in [1.165, 1.54) is 5.56 Å². The van der Waals surface area contributed by atoms with E-state index in [1.54, 1.807) is 4.31 Å². The summed E-state index contributed by atoms with van der Waals surface area (Å²) in [5, 5.41) is 3.29. The molecule has 0 bridgehead atoms. The first kappa shape index (κ1) is 16.5. The monoisotopic (exact) mass is 310 g/mol. The van der Waals surface area contributed by atoms with Crippen molar-refractivity contribution in [3.05, 3.63) is 27.8 Å². The van der Waals surface area contributed by atoms with Gasteiger partial charge in [0.05, 0.1) is 4.90 Å². The molecule has 0 aliphatic carbocycles. The molecule has 0 amide bonds. The van der Waals surface area contributed by atoms with E-state index in [4.69, 9.17) is 0 Å². The van der Waals surface area contributed by atoms with Crippen LogP contribution in [0.15, 0.2) is 4.90 Å². The maximum Gasteiger partial charge on any atom is 0.243 e. The molecule has 1 aliphatic heterocycles. The fourth-order valence-corrected chi connectivity index (χ4v) is 5.19. The second-order valence-corrected chi connectivity index (χ2v) is 8.05. The first-order chi connectivity index (χ1) is 9.67. The van der Waals surface area contributed by atoms with Crippen molar-refractivity contribution >= 4 is 10.0 Å². The number of rotatable bonds is 2. The Kier molecular flexibility index (Phi) is 4.47. The Labute approximate surface area is 128 Å². The first-order valence-corrected chi connectivity index (χ1v) is 8.92. The highest BCUT2D eigenvalue weighted by atomic mass is 32.2. The molecule has 1 aromatic carbocycles. The summed E-state index contributed by atoms with van der Waals surface area (Å²) >= 11 is 0. The average molecular weight is 310 g/mol. The fraction of sp³-hybridized carbons (Fsp3) is 0.625. The van der Waals surface area contributed by atoms with E-state index in [0.717, 1.165) is 22.3 Å². The van der Waals surface area contributed by atoms with E-state index >= 15 is 0 Å². The molecule has 1 atom stereocenters. The molecular weight excluding hydrogens is 284 g/mol. The zero-order chi connectivity index (χ0) is 15.9. The lowest BCUT2D eigenvalue weighted by molar-refractivity contribution is 0.310. The minimum atomic E-state index is -3.42. The second kappa shape index (κ2) is 5.71. The third kappa shape index (κ3) is 2.74. The molecule has 0 spiro atoms. The molecule has 1 saturated heterocycles. The van der Waals surface area contributed by atoms with E-state index in [9.17, 15) is 8.42 Å². The van der Waals surface area contributed by atoms with Crippen LogP contribution < -0.4 is 5.32 Å². The quantitative estimate of drug-likeness (QED) is 0.911. The minimum absolute atomic E-state index is 0.196. The Hall–Kier alpha value is -0.910. The van der Waals surface area contributed by atoms with Gasteiger partial charge in [-0.1, -0.05) is 0 Å². The van der Waals surface area contributed by atoms with Crippen LogP contribution in [-0.2, 0) is 10.0 Å². The smallest absolute Gasteiger partial charge is 0.243 e. The molecule has 1 unspecified atom stereocenters. The summed E-state index contributed by atoms with van der Waals surface area (Å²) in [4.78, 5) is 0.511. The predicted molar refractivity (Wildman–Crippen MR) is 86.4 cm³/mol. The summed E-state index contributed by atoms with van der Waals surface area (Å²) in [6.45, 7) is 13.7. The number of nitrogens with one attached hydrogen (secondary N) is 1. The summed E-state index contributed by atoms with van der Waals surface area (Å²) in [6.07, 6.45) is 0. The molecule has 1 aromatic rings. The van der Waals surface area contributed by atoms with Crippen LogP contribution in [-0.4, -0.2) is 38.4 Å².